The third kappa shape index (κ3) is 2.76. The topological polar surface area (TPSA) is 37.8 Å². The van der Waals surface area contributed by atoms with Gasteiger partial charge in [0.05, 0.1) is 22.4 Å². The summed E-state index contributed by atoms with van der Waals surface area (Å²) in [5.74, 6) is 0. The molecule has 0 bridgehead atoms. The van der Waals surface area contributed by atoms with E-state index in [2.05, 4.69) is 42.1 Å². The van der Waals surface area contributed by atoms with Crippen molar-refractivity contribution in [3.05, 3.63) is 45.2 Å². The maximum Gasteiger partial charge on any atom is 0.0950 e. The smallest absolute Gasteiger partial charge is 0.0950 e. The molecule has 0 spiro atoms. The average molecular weight is 261 g/mol. The van der Waals surface area contributed by atoms with Gasteiger partial charge in [0.25, 0.3) is 0 Å². The van der Waals surface area contributed by atoms with Crippen molar-refractivity contribution in [2.75, 3.05) is 7.05 Å². The van der Waals surface area contributed by atoms with Gasteiger partial charge in [-0.3, -0.25) is 4.98 Å². The fourth-order valence-corrected chi connectivity index (χ4v) is 2.98. The van der Waals surface area contributed by atoms with E-state index in [9.17, 15) is 0 Å². The number of thiazole rings is 1. The molecule has 0 aliphatic carbocycles. The van der Waals surface area contributed by atoms with Gasteiger partial charge < -0.3 is 5.32 Å². The third-order valence-electron chi connectivity index (χ3n) is 3.18. The summed E-state index contributed by atoms with van der Waals surface area (Å²) < 4.78 is 0. The summed E-state index contributed by atoms with van der Waals surface area (Å²) in [4.78, 5) is 10.4. The number of rotatable bonds is 4. The van der Waals surface area contributed by atoms with E-state index in [0.717, 1.165) is 17.8 Å². The van der Waals surface area contributed by atoms with Gasteiger partial charge in [-0.15, -0.1) is 11.3 Å². The van der Waals surface area contributed by atoms with Gasteiger partial charge in [-0.2, -0.15) is 0 Å². The Morgan fingerprint density at radius 1 is 1.33 bits per heavy atom. The minimum atomic E-state index is 0.233. The number of nitrogens with one attached hydrogen (secondary N) is 1. The molecule has 0 radical (unpaired) electrons. The zero-order chi connectivity index (χ0) is 13.1. The minimum absolute atomic E-state index is 0.233. The zero-order valence-corrected chi connectivity index (χ0v) is 12.1. The second kappa shape index (κ2) is 5.59. The van der Waals surface area contributed by atoms with Gasteiger partial charge >= 0.3 is 0 Å². The number of aromatic nitrogens is 2. The lowest BCUT2D eigenvalue weighted by Gasteiger charge is -2.16. The Morgan fingerprint density at radius 2 is 2.11 bits per heavy atom. The van der Waals surface area contributed by atoms with Gasteiger partial charge in [0.2, 0.25) is 0 Å². The predicted molar refractivity (Wildman–Crippen MR) is 76.1 cm³/mol. The van der Waals surface area contributed by atoms with Crippen molar-refractivity contribution in [2.24, 2.45) is 0 Å². The molecule has 0 saturated carbocycles. The molecule has 1 N–H and O–H groups in total. The summed E-state index contributed by atoms with van der Waals surface area (Å²) in [7, 11) is 1.98. The van der Waals surface area contributed by atoms with Crippen molar-refractivity contribution in [1.29, 1.82) is 0 Å². The van der Waals surface area contributed by atoms with Gasteiger partial charge in [-0.05, 0) is 39.4 Å². The van der Waals surface area contributed by atoms with Gasteiger partial charge in [0, 0.05) is 17.5 Å². The van der Waals surface area contributed by atoms with E-state index in [1.807, 2.05) is 19.3 Å². The molecule has 2 aromatic heterocycles. The lowest BCUT2D eigenvalue weighted by molar-refractivity contribution is 0.570. The van der Waals surface area contributed by atoms with Gasteiger partial charge in [-0.1, -0.05) is 6.07 Å². The highest BCUT2D eigenvalue weighted by molar-refractivity contribution is 7.11. The molecule has 0 aliphatic heterocycles. The summed E-state index contributed by atoms with van der Waals surface area (Å²) in [6.07, 6.45) is 2.75. The number of hydrogen-bond acceptors (Lipinski definition) is 4. The molecular formula is C14H19N3S. The highest BCUT2D eigenvalue weighted by Crippen LogP contribution is 2.23. The van der Waals surface area contributed by atoms with Crippen LogP contribution < -0.4 is 5.32 Å². The van der Waals surface area contributed by atoms with Crippen LogP contribution in [-0.2, 0) is 6.42 Å². The number of hydrogen-bond donors (Lipinski definition) is 1. The molecule has 2 aromatic rings. The van der Waals surface area contributed by atoms with Crippen molar-refractivity contribution in [2.45, 2.75) is 33.2 Å². The van der Waals surface area contributed by atoms with Crippen LogP contribution in [0.25, 0.3) is 0 Å². The minimum Gasteiger partial charge on any atom is -0.311 e. The second-order valence-corrected chi connectivity index (χ2v) is 5.79. The summed E-state index contributed by atoms with van der Waals surface area (Å²) in [6.45, 7) is 6.29. The maximum absolute atomic E-state index is 4.60. The summed E-state index contributed by atoms with van der Waals surface area (Å²) >= 11 is 1.78. The standard InChI is InChI=1S/C14H19N3S/c1-9-6-5-7-16-14(9)12(15-4)8-13-17-10(2)11(3)18-13/h5-7,12,15H,8H2,1-4H3. The lowest BCUT2D eigenvalue weighted by atomic mass is 10.1. The first-order valence-corrected chi connectivity index (χ1v) is 6.95. The van der Waals surface area contributed by atoms with Gasteiger partial charge in [0.15, 0.2) is 0 Å². The molecule has 0 aromatic carbocycles. The fraction of sp³-hybridized carbons (Fsp3) is 0.429. The van der Waals surface area contributed by atoms with Crippen LogP contribution in [0.5, 0.6) is 0 Å². The molecule has 18 heavy (non-hydrogen) atoms. The normalized spacial score (nSPS) is 12.7. The third-order valence-corrected chi connectivity index (χ3v) is 4.28. The Labute approximate surface area is 112 Å². The van der Waals surface area contributed by atoms with Crippen LogP contribution in [0.4, 0.5) is 0 Å². The predicted octanol–water partition coefficient (Wildman–Crippen LogP) is 2.97. The van der Waals surface area contributed by atoms with E-state index >= 15 is 0 Å². The number of aryl methyl sites for hydroxylation is 3. The summed E-state index contributed by atoms with van der Waals surface area (Å²) in [5, 5.41) is 4.52. The molecule has 0 aliphatic rings. The van der Waals surface area contributed by atoms with Crippen LogP contribution in [0, 0.1) is 20.8 Å². The Hall–Kier alpha value is -1.26. The SMILES string of the molecule is CNC(Cc1nc(C)c(C)s1)c1ncccc1C. The highest BCUT2D eigenvalue weighted by atomic mass is 32.1. The van der Waals surface area contributed by atoms with Gasteiger partial charge in [-0.25, -0.2) is 4.98 Å². The lowest BCUT2D eigenvalue weighted by Crippen LogP contribution is -2.21. The van der Waals surface area contributed by atoms with Crippen molar-refractivity contribution in [3.8, 4) is 0 Å². The van der Waals surface area contributed by atoms with Crippen LogP contribution in [0.1, 0.15) is 32.9 Å². The van der Waals surface area contributed by atoms with E-state index in [1.54, 1.807) is 11.3 Å². The average Bonchev–Trinajstić information content (AvgIpc) is 2.66. The fourth-order valence-electron chi connectivity index (χ4n) is 2.00. The quantitative estimate of drug-likeness (QED) is 0.919. The Bertz CT molecular complexity index is 514. The van der Waals surface area contributed by atoms with E-state index in [1.165, 1.54) is 15.4 Å². The molecule has 4 heteroatoms. The van der Waals surface area contributed by atoms with E-state index < -0.39 is 0 Å². The first-order valence-electron chi connectivity index (χ1n) is 6.13. The van der Waals surface area contributed by atoms with Crippen LogP contribution in [0.3, 0.4) is 0 Å². The second-order valence-electron chi connectivity index (χ2n) is 4.50. The molecule has 2 heterocycles. The van der Waals surface area contributed by atoms with Crippen molar-refractivity contribution >= 4 is 11.3 Å². The number of nitrogens with zero attached hydrogens (tertiary/aromatic N) is 2. The number of likely N-dealkylation sites (N-methyl/N-ethyl adjacent to an activating group) is 1. The van der Waals surface area contributed by atoms with E-state index in [0.29, 0.717) is 0 Å². The van der Waals surface area contributed by atoms with Crippen molar-refractivity contribution in [3.63, 3.8) is 0 Å². The van der Waals surface area contributed by atoms with E-state index in [4.69, 9.17) is 0 Å². The molecule has 3 nitrogen and oxygen atoms in total. The van der Waals surface area contributed by atoms with E-state index in [-0.39, 0.29) is 6.04 Å². The maximum atomic E-state index is 4.60. The van der Waals surface area contributed by atoms with Gasteiger partial charge in [0.1, 0.15) is 0 Å². The molecule has 0 amide bonds. The molecule has 1 atom stereocenters. The molecule has 2 rings (SSSR count). The molecule has 0 fully saturated rings. The van der Waals surface area contributed by atoms with Crippen LogP contribution in [-0.4, -0.2) is 17.0 Å². The zero-order valence-electron chi connectivity index (χ0n) is 11.3. The summed E-state index contributed by atoms with van der Waals surface area (Å²) in [5.41, 5.74) is 3.48. The Morgan fingerprint density at radius 3 is 2.67 bits per heavy atom. The molecular weight excluding hydrogens is 242 g/mol. The molecule has 1 unspecified atom stereocenters. The monoisotopic (exact) mass is 261 g/mol. The van der Waals surface area contributed by atoms with Crippen LogP contribution in [0.2, 0.25) is 0 Å². The first-order chi connectivity index (χ1) is 8.61. The van der Waals surface area contributed by atoms with Crippen molar-refractivity contribution < 1.29 is 0 Å². The van der Waals surface area contributed by atoms with Crippen LogP contribution >= 0.6 is 11.3 Å². The highest BCUT2D eigenvalue weighted by Gasteiger charge is 2.16. The van der Waals surface area contributed by atoms with Crippen LogP contribution in [0.15, 0.2) is 18.3 Å². The largest absolute Gasteiger partial charge is 0.311 e. The Balaban J connectivity index is 2.22. The first kappa shape index (κ1) is 13.2. The summed E-state index contributed by atoms with van der Waals surface area (Å²) in [6, 6.07) is 4.31. The molecule has 0 saturated heterocycles. The number of pyridine rings is 1. The van der Waals surface area contributed by atoms with Crippen molar-refractivity contribution in [1.82, 2.24) is 15.3 Å². The molecule has 96 valence electrons. The Kier molecular flexibility index (Phi) is 4.09.